The van der Waals surface area contributed by atoms with E-state index in [2.05, 4.69) is 5.32 Å². The normalized spacial score (nSPS) is 15.4. The highest BCUT2D eigenvalue weighted by atomic mass is 35.5. The zero-order chi connectivity index (χ0) is 22.6. The van der Waals surface area contributed by atoms with Crippen LogP contribution in [-0.4, -0.2) is 62.2 Å². The Balaban J connectivity index is 1.58. The molecular formula is C20H20Cl2FN3O4S. The van der Waals surface area contributed by atoms with Crippen molar-refractivity contribution in [2.75, 3.05) is 32.7 Å². The Morgan fingerprint density at radius 3 is 2.39 bits per heavy atom. The molecule has 1 saturated heterocycles. The molecule has 3 rings (SSSR count). The van der Waals surface area contributed by atoms with Crippen LogP contribution in [0.2, 0.25) is 10.0 Å². The fourth-order valence-corrected chi connectivity index (χ4v) is 5.14. The van der Waals surface area contributed by atoms with Gasteiger partial charge in [0.15, 0.2) is 0 Å². The van der Waals surface area contributed by atoms with E-state index in [-0.39, 0.29) is 47.6 Å². The number of hydrogen-bond donors (Lipinski definition) is 1. The average molecular weight is 488 g/mol. The summed E-state index contributed by atoms with van der Waals surface area (Å²) in [5, 5.41) is 3.09. The lowest BCUT2D eigenvalue weighted by Crippen LogP contribution is -2.42. The van der Waals surface area contributed by atoms with E-state index >= 15 is 0 Å². The molecule has 0 aliphatic carbocycles. The lowest BCUT2D eigenvalue weighted by molar-refractivity contribution is -0.129. The first-order valence-corrected chi connectivity index (χ1v) is 11.6. The van der Waals surface area contributed by atoms with Gasteiger partial charge in [0.05, 0.1) is 22.0 Å². The molecule has 0 bridgehead atoms. The Kier molecular flexibility index (Phi) is 7.53. The van der Waals surface area contributed by atoms with Crippen molar-refractivity contribution in [1.82, 2.24) is 14.5 Å². The Bertz CT molecular complexity index is 1080. The van der Waals surface area contributed by atoms with Gasteiger partial charge in [-0.05, 0) is 48.9 Å². The number of rotatable bonds is 5. The highest BCUT2D eigenvalue weighted by molar-refractivity contribution is 7.89. The summed E-state index contributed by atoms with van der Waals surface area (Å²) >= 11 is 11.8. The number of carbonyl (C=O) groups excluding carboxylic acids is 2. The number of benzene rings is 2. The second-order valence-electron chi connectivity index (χ2n) is 6.90. The van der Waals surface area contributed by atoms with Crippen LogP contribution in [-0.2, 0) is 14.8 Å². The molecule has 1 aliphatic rings. The Morgan fingerprint density at radius 1 is 1.00 bits per heavy atom. The standard InChI is InChI=1S/C20H20Cl2FN3O4S/c21-14-2-7-17(18(22)12-14)20(28)24-13-19(27)25-8-1-9-26(11-10-25)31(29,30)16-5-3-15(23)4-6-16/h2-7,12H,1,8-11,13H2,(H,24,28). The summed E-state index contributed by atoms with van der Waals surface area (Å²) in [5.41, 5.74) is 0.200. The molecule has 0 saturated carbocycles. The molecule has 31 heavy (non-hydrogen) atoms. The molecule has 0 aromatic heterocycles. The molecule has 0 radical (unpaired) electrons. The van der Waals surface area contributed by atoms with Crippen LogP contribution in [0, 0.1) is 5.82 Å². The quantitative estimate of drug-likeness (QED) is 0.702. The summed E-state index contributed by atoms with van der Waals surface area (Å²) in [6, 6.07) is 9.05. The molecule has 11 heteroatoms. The molecule has 0 spiro atoms. The van der Waals surface area contributed by atoms with Crippen molar-refractivity contribution in [2.24, 2.45) is 0 Å². The van der Waals surface area contributed by atoms with Gasteiger partial charge < -0.3 is 10.2 Å². The number of sulfonamides is 1. The molecule has 2 aromatic rings. The van der Waals surface area contributed by atoms with E-state index < -0.39 is 21.7 Å². The van der Waals surface area contributed by atoms with Gasteiger partial charge in [-0.15, -0.1) is 0 Å². The van der Waals surface area contributed by atoms with Crippen LogP contribution in [0.5, 0.6) is 0 Å². The minimum Gasteiger partial charge on any atom is -0.343 e. The van der Waals surface area contributed by atoms with Gasteiger partial charge in [-0.2, -0.15) is 4.31 Å². The number of hydrogen-bond acceptors (Lipinski definition) is 4. The first-order chi connectivity index (χ1) is 14.7. The van der Waals surface area contributed by atoms with Crippen LogP contribution in [0.15, 0.2) is 47.4 Å². The first kappa shape index (κ1) is 23.5. The number of nitrogens with zero attached hydrogens (tertiary/aromatic N) is 2. The number of nitrogens with one attached hydrogen (secondary N) is 1. The molecule has 7 nitrogen and oxygen atoms in total. The molecule has 1 fully saturated rings. The van der Waals surface area contributed by atoms with E-state index in [1.165, 1.54) is 39.5 Å². The second-order valence-corrected chi connectivity index (χ2v) is 9.68. The molecule has 1 N–H and O–H groups in total. The fraction of sp³-hybridized carbons (Fsp3) is 0.300. The van der Waals surface area contributed by atoms with E-state index in [0.717, 1.165) is 12.1 Å². The monoisotopic (exact) mass is 487 g/mol. The maximum atomic E-state index is 13.1. The van der Waals surface area contributed by atoms with Gasteiger partial charge in [0.1, 0.15) is 5.82 Å². The Hall–Kier alpha value is -2.20. The number of carbonyl (C=O) groups is 2. The highest BCUT2D eigenvalue weighted by Crippen LogP contribution is 2.21. The molecule has 2 amide bonds. The number of halogens is 3. The highest BCUT2D eigenvalue weighted by Gasteiger charge is 2.28. The molecule has 0 atom stereocenters. The summed E-state index contributed by atoms with van der Waals surface area (Å²) in [4.78, 5) is 26.3. The van der Waals surface area contributed by atoms with Gasteiger partial charge in [0.2, 0.25) is 15.9 Å². The lowest BCUT2D eigenvalue weighted by Gasteiger charge is -2.22. The predicted molar refractivity (Wildman–Crippen MR) is 115 cm³/mol. The third kappa shape index (κ3) is 5.74. The Morgan fingerprint density at radius 2 is 1.71 bits per heavy atom. The van der Waals surface area contributed by atoms with E-state index in [4.69, 9.17) is 23.2 Å². The van der Waals surface area contributed by atoms with Crippen molar-refractivity contribution in [3.63, 3.8) is 0 Å². The molecule has 166 valence electrons. The summed E-state index contributed by atoms with van der Waals surface area (Å²) in [7, 11) is -3.79. The van der Waals surface area contributed by atoms with Gasteiger partial charge in [0.25, 0.3) is 5.91 Å². The van der Waals surface area contributed by atoms with Gasteiger partial charge in [-0.3, -0.25) is 9.59 Å². The van der Waals surface area contributed by atoms with Crippen LogP contribution in [0.25, 0.3) is 0 Å². The van der Waals surface area contributed by atoms with Crippen molar-refractivity contribution >= 4 is 45.0 Å². The van der Waals surface area contributed by atoms with E-state index in [1.54, 1.807) is 0 Å². The van der Waals surface area contributed by atoms with E-state index in [1.807, 2.05) is 0 Å². The van der Waals surface area contributed by atoms with Crippen molar-refractivity contribution < 1.29 is 22.4 Å². The summed E-state index contributed by atoms with van der Waals surface area (Å²) in [6.07, 6.45) is 0.434. The lowest BCUT2D eigenvalue weighted by atomic mass is 10.2. The molecule has 2 aromatic carbocycles. The van der Waals surface area contributed by atoms with Gasteiger partial charge in [-0.1, -0.05) is 23.2 Å². The molecule has 1 aliphatic heterocycles. The zero-order valence-electron chi connectivity index (χ0n) is 16.4. The van der Waals surface area contributed by atoms with Crippen LogP contribution in [0.1, 0.15) is 16.8 Å². The summed E-state index contributed by atoms with van der Waals surface area (Å²) in [5.74, 6) is -1.36. The molecule has 1 heterocycles. The predicted octanol–water partition coefficient (Wildman–Crippen LogP) is 2.79. The summed E-state index contributed by atoms with van der Waals surface area (Å²) in [6.45, 7) is 0.615. The SMILES string of the molecule is O=C(NCC(=O)N1CCCN(S(=O)(=O)c2ccc(F)cc2)CC1)c1ccc(Cl)cc1Cl. The fourth-order valence-electron chi connectivity index (χ4n) is 3.18. The maximum absolute atomic E-state index is 13.1. The smallest absolute Gasteiger partial charge is 0.253 e. The van der Waals surface area contributed by atoms with Crippen LogP contribution < -0.4 is 5.32 Å². The Labute approximate surface area is 189 Å². The minimum absolute atomic E-state index is 0.000725. The van der Waals surface area contributed by atoms with Crippen LogP contribution >= 0.6 is 23.2 Å². The average Bonchev–Trinajstić information content (AvgIpc) is 2.99. The number of amides is 2. The van der Waals surface area contributed by atoms with Crippen molar-refractivity contribution in [3.05, 3.63) is 63.9 Å². The third-order valence-electron chi connectivity index (χ3n) is 4.83. The van der Waals surface area contributed by atoms with Gasteiger partial charge >= 0.3 is 0 Å². The largest absolute Gasteiger partial charge is 0.343 e. The van der Waals surface area contributed by atoms with Gasteiger partial charge in [-0.25, -0.2) is 12.8 Å². The second kappa shape index (κ2) is 9.95. The third-order valence-corrected chi connectivity index (χ3v) is 7.30. The van der Waals surface area contributed by atoms with Crippen molar-refractivity contribution in [1.29, 1.82) is 0 Å². The van der Waals surface area contributed by atoms with Crippen LogP contribution in [0.4, 0.5) is 4.39 Å². The van der Waals surface area contributed by atoms with E-state index in [0.29, 0.717) is 18.0 Å². The maximum Gasteiger partial charge on any atom is 0.253 e. The zero-order valence-corrected chi connectivity index (χ0v) is 18.7. The topological polar surface area (TPSA) is 86.8 Å². The van der Waals surface area contributed by atoms with Crippen LogP contribution in [0.3, 0.4) is 0 Å². The van der Waals surface area contributed by atoms with E-state index in [9.17, 15) is 22.4 Å². The minimum atomic E-state index is -3.79. The molecule has 0 unspecified atom stereocenters. The van der Waals surface area contributed by atoms with Crippen molar-refractivity contribution in [2.45, 2.75) is 11.3 Å². The van der Waals surface area contributed by atoms with Crippen molar-refractivity contribution in [3.8, 4) is 0 Å². The summed E-state index contributed by atoms with van der Waals surface area (Å²) < 4.78 is 39.9. The van der Waals surface area contributed by atoms with Gasteiger partial charge in [0, 0.05) is 31.2 Å². The first-order valence-electron chi connectivity index (χ1n) is 9.45. The molecular weight excluding hydrogens is 468 g/mol.